The van der Waals surface area contributed by atoms with Crippen molar-refractivity contribution in [2.45, 2.75) is 52.2 Å². The number of carbonyl (C=O) groups is 1. The summed E-state index contributed by atoms with van der Waals surface area (Å²) in [5, 5.41) is 0. The molecule has 6 nitrogen and oxygen atoms in total. The molecular weight excluding hydrogens is 282 g/mol. The third-order valence-electron chi connectivity index (χ3n) is 3.13. The van der Waals surface area contributed by atoms with E-state index in [0.29, 0.717) is 6.54 Å². The molecule has 2 unspecified atom stereocenters. The zero-order valence-corrected chi connectivity index (χ0v) is 13.7. The topological polar surface area (TPSA) is 72.9 Å². The molecule has 20 heavy (non-hydrogen) atoms. The minimum absolute atomic E-state index is 0.0217. The fraction of sp³-hybridized carbons (Fsp3) is 0.923. The Bertz CT molecular complexity index is 440. The molecule has 1 aliphatic heterocycles. The van der Waals surface area contributed by atoms with E-state index in [-0.39, 0.29) is 24.7 Å². The van der Waals surface area contributed by atoms with Gasteiger partial charge >= 0.3 is 6.09 Å². The molecule has 0 spiro atoms. The number of carbonyl (C=O) groups excluding carboxylic acids is 1. The van der Waals surface area contributed by atoms with Gasteiger partial charge in [0.25, 0.3) is 10.1 Å². The SMILES string of the molecule is CC1CCC(COS(C)(=O)=O)CN1C(=O)OC(C)(C)C. The van der Waals surface area contributed by atoms with Gasteiger partial charge in [-0.05, 0) is 40.5 Å². The number of hydrogen-bond acceptors (Lipinski definition) is 5. The second kappa shape index (κ2) is 6.30. The van der Waals surface area contributed by atoms with Gasteiger partial charge in [-0.15, -0.1) is 0 Å². The maximum absolute atomic E-state index is 12.1. The van der Waals surface area contributed by atoms with Crippen molar-refractivity contribution >= 4 is 16.2 Å². The molecule has 0 aromatic carbocycles. The average Bonchev–Trinajstić information content (AvgIpc) is 2.24. The molecule has 0 radical (unpaired) electrons. The number of likely N-dealkylation sites (tertiary alicyclic amines) is 1. The van der Waals surface area contributed by atoms with Gasteiger partial charge in [0.15, 0.2) is 0 Å². The summed E-state index contributed by atoms with van der Waals surface area (Å²) in [4.78, 5) is 13.8. The van der Waals surface area contributed by atoms with Crippen LogP contribution in [0.3, 0.4) is 0 Å². The molecule has 1 amide bonds. The van der Waals surface area contributed by atoms with Crippen LogP contribution in [0.1, 0.15) is 40.5 Å². The lowest BCUT2D eigenvalue weighted by molar-refractivity contribution is 0.00239. The van der Waals surface area contributed by atoms with Crippen molar-refractivity contribution in [2.75, 3.05) is 19.4 Å². The highest BCUT2D eigenvalue weighted by Gasteiger charge is 2.32. The van der Waals surface area contributed by atoms with Crippen LogP contribution < -0.4 is 0 Å². The fourth-order valence-corrected chi connectivity index (χ4v) is 2.55. The second-order valence-corrected chi connectivity index (χ2v) is 8.06. The lowest BCUT2D eigenvalue weighted by atomic mass is 9.94. The highest BCUT2D eigenvalue weighted by molar-refractivity contribution is 7.85. The molecular formula is C13H25NO5S. The van der Waals surface area contributed by atoms with Crippen molar-refractivity contribution in [2.24, 2.45) is 5.92 Å². The van der Waals surface area contributed by atoms with Crippen LogP contribution in [-0.4, -0.2) is 50.5 Å². The van der Waals surface area contributed by atoms with Gasteiger partial charge in [0.05, 0.1) is 12.9 Å². The first kappa shape index (κ1) is 17.2. The van der Waals surface area contributed by atoms with Crippen LogP contribution >= 0.6 is 0 Å². The molecule has 0 aliphatic carbocycles. The number of piperidine rings is 1. The Balaban J connectivity index is 2.60. The molecule has 1 saturated heterocycles. The molecule has 0 saturated carbocycles. The van der Waals surface area contributed by atoms with E-state index < -0.39 is 15.7 Å². The van der Waals surface area contributed by atoms with Gasteiger partial charge in [-0.1, -0.05) is 0 Å². The van der Waals surface area contributed by atoms with E-state index >= 15 is 0 Å². The van der Waals surface area contributed by atoms with Crippen LogP contribution in [0.5, 0.6) is 0 Å². The Kier molecular flexibility index (Phi) is 5.43. The van der Waals surface area contributed by atoms with Crippen molar-refractivity contribution in [3.05, 3.63) is 0 Å². The first-order valence-corrected chi connectivity index (χ1v) is 8.63. The number of hydrogen-bond donors (Lipinski definition) is 0. The molecule has 0 aromatic heterocycles. The first-order valence-electron chi connectivity index (χ1n) is 6.82. The van der Waals surface area contributed by atoms with E-state index in [4.69, 9.17) is 8.92 Å². The van der Waals surface area contributed by atoms with Crippen LogP contribution in [0.15, 0.2) is 0 Å². The van der Waals surface area contributed by atoms with E-state index in [0.717, 1.165) is 19.1 Å². The lowest BCUT2D eigenvalue weighted by Crippen LogP contribution is -2.48. The summed E-state index contributed by atoms with van der Waals surface area (Å²) in [5.74, 6) is 0.0217. The largest absolute Gasteiger partial charge is 0.444 e. The first-order chi connectivity index (χ1) is 8.98. The van der Waals surface area contributed by atoms with E-state index in [1.807, 2.05) is 27.7 Å². The maximum Gasteiger partial charge on any atom is 0.410 e. The molecule has 1 aliphatic rings. The van der Waals surface area contributed by atoms with E-state index in [1.165, 1.54) is 0 Å². The predicted octanol–water partition coefficient (Wildman–Crippen LogP) is 2.00. The summed E-state index contributed by atoms with van der Waals surface area (Å²) in [5.41, 5.74) is -0.535. The maximum atomic E-state index is 12.1. The summed E-state index contributed by atoms with van der Waals surface area (Å²) < 4.78 is 32.2. The number of ether oxygens (including phenoxy) is 1. The number of amides is 1. The van der Waals surface area contributed by atoms with E-state index in [1.54, 1.807) is 4.90 Å². The van der Waals surface area contributed by atoms with Crippen molar-refractivity contribution in [3.8, 4) is 0 Å². The molecule has 1 heterocycles. The molecule has 0 bridgehead atoms. The quantitative estimate of drug-likeness (QED) is 0.746. The lowest BCUT2D eigenvalue weighted by Gasteiger charge is -2.38. The van der Waals surface area contributed by atoms with Crippen LogP contribution in [-0.2, 0) is 19.0 Å². The Labute approximate surface area is 121 Å². The summed E-state index contributed by atoms with van der Waals surface area (Å²) in [6.07, 6.45) is 2.34. The van der Waals surface area contributed by atoms with Crippen LogP contribution in [0.25, 0.3) is 0 Å². The van der Waals surface area contributed by atoms with Crippen LogP contribution in [0.2, 0.25) is 0 Å². The van der Waals surface area contributed by atoms with Gasteiger partial charge in [-0.25, -0.2) is 4.79 Å². The van der Waals surface area contributed by atoms with Gasteiger partial charge in [-0.2, -0.15) is 8.42 Å². The monoisotopic (exact) mass is 307 g/mol. The van der Waals surface area contributed by atoms with Crippen molar-refractivity contribution < 1.29 is 22.1 Å². The van der Waals surface area contributed by atoms with Crippen LogP contribution in [0.4, 0.5) is 4.79 Å². The van der Waals surface area contributed by atoms with Crippen LogP contribution in [0, 0.1) is 5.92 Å². The zero-order chi connectivity index (χ0) is 15.6. The normalized spacial score (nSPS) is 24.6. The predicted molar refractivity (Wildman–Crippen MR) is 75.9 cm³/mol. The Morgan fingerprint density at radius 2 is 1.90 bits per heavy atom. The Morgan fingerprint density at radius 1 is 1.30 bits per heavy atom. The minimum atomic E-state index is -3.44. The van der Waals surface area contributed by atoms with Gasteiger partial charge in [0, 0.05) is 18.5 Å². The summed E-state index contributed by atoms with van der Waals surface area (Å²) in [7, 11) is -3.44. The summed E-state index contributed by atoms with van der Waals surface area (Å²) in [6.45, 7) is 8.02. The highest BCUT2D eigenvalue weighted by atomic mass is 32.2. The summed E-state index contributed by atoms with van der Waals surface area (Å²) in [6, 6.07) is 0.0966. The molecule has 2 atom stereocenters. The zero-order valence-electron chi connectivity index (χ0n) is 12.9. The van der Waals surface area contributed by atoms with Gasteiger partial charge < -0.3 is 9.64 Å². The molecule has 118 valence electrons. The Morgan fingerprint density at radius 3 is 2.40 bits per heavy atom. The third kappa shape index (κ3) is 6.09. The minimum Gasteiger partial charge on any atom is -0.444 e. The Hall–Kier alpha value is -0.820. The van der Waals surface area contributed by atoms with Gasteiger partial charge in [0.1, 0.15) is 5.60 Å². The molecule has 1 fully saturated rings. The van der Waals surface area contributed by atoms with Gasteiger partial charge in [0.2, 0.25) is 0 Å². The molecule has 0 aromatic rings. The number of rotatable bonds is 3. The summed E-state index contributed by atoms with van der Waals surface area (Å²) >= 11 is 0. The third-order valence-corrected chi connectivity index (χ3v) is 3.69. The molecule has 1 rings (SSSR count). The van der Waals surface area contributed by atoms with Crippen molar-refractivity contribution in [1.82, 2.24) is 4.90 Å². The van der Waals surface area contributed by atoms with Crippen molar-refractivity contribution in [3.63, 3.8) is 0 Å². The fourth-order valence-electron chi connectivity index (χ4n) is 2.11. The second-order valence-electron chi connectivity index (χ2n) is 6.41. The highest BCUT2D eigenvalue weighted by Crippen LogP contribution is 2.24. The number of nitrogens with zero attached hydrogens (tertiary/aromatic N) is 1. The molecule has 0 N–H and O–H groups in total. The van der Waals surface area contributed by atoms with Gasteiger partial charge in [-0.3, -0.25) is 4.18 Å². The standard InChI is InChI=1S/C13H25NO5S/c1-10-6-7-11(9-18-20(5,16)17)8-14(10)12(15)19-13(2,3)4/h10-11H,6-9H2,1-5H3. The van der Waals surface area contributed by atoms with Crippen molar-refractivity contribution in [1.29, 1.82) is 0 Å². The van der Waals surface area contributed by atoms with E-state index in [2.05, 4.69) is 0 Å². The average molecular weight is 307 g/mol. The van der Waals surface area contributed by atoms with E-state index in [9.17, 15) is 13.2 Å². The smallest absolute Gasteiger partial charge is 0.410 e. The molecule has 7 heteroatoms.